The van der Waals surface area contributed by atoms with E-state index in [1.165, 1.54) is 11.8 Å². The van der Waals surface area contributed by atoms with Gasteiger partial charge in [0.2, 0.25) is 5.91 Å². The molecule has 8 nitrogen and oxygen atoms in total. The number of likely N-dealkylation sites (N-methyl/N-ethyl adjacent to an activating group) is 1. The smallest absolute Gasteiger partial charge is 0.323 e. The lowest BCUT2D eigenvalue weighted by atomic mass is 10.3. The molecule has 0 bridgehead atoms. The number of hydrogen-bond acceptors (Lipinski definition) is 5. The molecule has 3 amide bonds. The van der Waals surface area contributed by atoms with Crippen molar-refractivity contribution in [1.29, 1.82) is 0 Å². The predicted molar refractivity (Wildman–Crippen MR) is 76.0 cm³/mol. The normalized spacial score (nSPS) is 21.2. The number of nitrogens with zero attached hydrogens (tertiary/aromatic N) is 4. The second-order valence-electron chi connectivity index (χ2n) is 5.53. The fraction of sp³-hybridized carbons (Fsp3) is 0.769. The third-order valence-electron chi connectivity index (χ3n) is 3.97. The van der Waals surface area contributed by atoms with Crippen molar-refractivity contribution in [3.63, 3.8) is 0 Å². The van der Waals surface area contributed by atoms with Crippen LogP contribution in [0.3, 0.4) is 0 Å². The topological polar surface area (TPSA) is 76.2 Å². The molecule has 0 aromatic rings. The van der Waals surface area contributed by atoms with Crippen molar-refractivity contribution in [2.45, 2.75) is 6.92 Å². The van der Waals surface area contributed by atoms with Crippen LogP contribution in [-0.4, -0.2) is 96.8 Å². The molecular weight excluding hydrogens is 274 g/mol. The molecule has 2 fully saturated rings. The van der Waals surface area contributed by atoms with E-state index in [1.54, 1.807) is 9.91 Å². The van der Waals surface area contributed by atoms with Gasteiger partial charge in [-0.3, -0.25) is 19.8 Å². The Balaban J connectivity index is 1.78. The molecule has 2 aliphatic heterocycles. The standard InChI is InChI=1S/C13H23N5O3/c1-11(19)16-5-7-17(8-6-16)13(21)12(20)14-18-9-3-15(2)4-10-18/h3-10H2,1-2H3,(H,14,20). The zero-order valence-corrected chi connectivity index (χ0v) is 12.7. The summed E-state index contributed by atoms with van der Waals surface area (Å²) in [6.07, 6.45) is 0. The molecule has 0 saturated carbocycles. The first-order valence-corrected chi connectivity index (χ1v) is 7.26. The van der Waals surface area contributed by atoms with Gasteiger partial charge in [-0.1, -0.05) is 0 Å². The van der Waals surface area contributed by atoms with Crippen molar-refractivity contribution in [2.75, 3.05) is 59.4 Å². The van der Waals surface area contributed by atoms with Crippen molar-refractivity contribution >= 4 is 17.7 Å². The molecule has 8 heteroatoms. The third-order valence-corrected chi connectivity index (χ3v) is 3.97. The summed E-state index contributed by atoms with van der Waals surface area (Å²) in [7, 11) is 2.03. The van der Waals surface area contributed by atoms with Gasteiger partial charge in [0.25, 0.3) is 0 Å². The maximum Gasteiger partial charge on any atom is 0.323 e. The number of carbonyl (C=O) groups is 3. The molecule has 0 atom stereocenters. The zero-order chi connectivity index (χ0) is 15.4. The van der Waals surface area contributed by atoms with Gasteiger partial charge in [-0.15, -0.1) is 0 Å². The average Bonchev–Trinajstić information content (AvgIpc) is 2.49. The molecule has 2 aliphatic rings. The Morgan fingerprint density at radius 2 is 1.33 bits per heavy atom. The van der Waals surface area contributed by atoms with E-state index in [4.69, 9.17) is 0 Å². The minimum absolute atomic E-state index is 0.00369. The molecule has 0 aromatic heterocycles. The molecule has 2 saturated heterocycles. The van der Waals surface area contributed by atoms with E-state index in [0.29, 0.717) is 39.3 Å². The van der Waals surface area contributed by atoms with Gasteiger partial charge >= 0.3 is 11.8 Å². The van der Waals surface area contributed by atoms with E-state index in [1.807, 2.05) is 7.05 Å². The Morgan fingerprint density at radius 3 is 1.86 bits per heavy atom. The van der Waals surface area contributed by atoms with E-state index in [2.05, 4.69) is 10.3 Å². The quantitative estimate of drug-likeness (QED) is 0.564. The Bertz CT molecular complexity index is 412. The van der Waals surface area contributed by atoms with Gasteiger partial charge < -0.3 is 14.7 Å². The van der Waals surface area contributed by atoms with E-state index in [-0.39, 0.29) is 5.91 Å². The first kappa shape index (κ1) is 15.7. The maximum absolute atomic E-state index is 12.1. The minimum Gasteiger partial charge on any atom is -0.339 e. The molecule has 0 radical (unpaired) electrons. The van der Waals surface area contributed by atoms with Gasteiger partial charge in [0.1, 0.15) is 0 Å². The number of nitrogens with one attached hydrogen (secondary N) is 1. The van der Waals surface area contributed by atoms with Crippen molar-refractivity contribution < 1.29 is 14.4 Å². The molecule has 2 rings (SSSR count). The van der Waals surface area contributed by atoms with Crippen LogP contribution in [0.2, 0.25) is 0 Å². The van der Waals surface area contributed by atoms with Crippen LogP contribution in [0, 0.1) is 0 Å². The van der Waals surface area contributed by atoms with Gasteiger partial charge in [0, 0.05) is 59.3 Å². The van der Waals surface area contributed by atoms with E-state index < -0.39 is 11.8 Å². The van der Waals surface area contributed by atoms with E-state index >= 15 is 0 Å². The minimum atomic E-state index is -0.587. The number of amides is 3. The van der Waals surface area contributed by atoms with E-state index in [9.17, 15) is 14.4 Å². The summed E-state index contributed by atoms with van der Waals surface area (Å²) in [5, 5.41) is 1.78. The van der Waals surface area contributed by atoms with Gasteiger partial charge in [-0.05, 0) is 7.05 Å². The monoisotopic (exact) mass is 297 g/mol. The summed E-state index contributed by atoms with van der Waals surface area (Å²) in [6.45, 7) is 6.48. The van der Waals surface area contributed by atoms with Crippen molar-refractivity contribution in [3.05, 3.63) is 0 Å². The largest absolute Gasteiger partial charge is 0.339 e. The summed E-state index contributed by atoms with van der Waals surface area (Å²) >= 11 is 0. The summed E-state index contributed by atoms with van der Waals surface area (Å²) in [6, 6.07) is 0. The molecule has 0 aromatic carbocycles. The van der Waals surface area contributed by atoms with Crippen LogP contribution < -0.4 is 5.43 Å². The van der Waals surface area contributed by atoms with Crippen LogP contribution in [0.25, 0.3) is 0 Å². The predicted octanol–water partition coefficient (Wildman–Crippen LogP) is -2.04. The highest BCUT2D eigenvalue weighted by molar-refractivity contribution is 6.34. The summed E-state index contributed by atoms with van der Waals surface area (Å²) in [5.74, 6) is -1.10. The Labute approximate surface area is 124 Å². The molecular formula is C13H23N5O3. The number of rotatable bonds is 1. The average molecular weight is 297 g/mol. The second-order valence-corrected chi connectivity index (χ2v) is 5.53. The Hall–Kier alpha value is -1.67. The summed E-state index contributed by atoms with van der Waals surface area (Å²) < 4.78 is 0. The lowest BCUT2D eigenvalue weighted by molar-refractivity contribution is -0.150. The van der Waals surface area contributed by atoms with Crippen LogP contribution >= 0.6 is 0 Å². The van der Waals surface area contributed by atoms with Crippen LogP contribution in [0.1, 0.15) is 6.92 Å². The molecule has 0 spiro atoms. The molecule has 0 aliphatic carbocycles. The molecule has 21 heavy (non-hydrogen) atoms. The summed E-state index contributed by atoms with van der Waals surface area (Å²) in [4.78, 5) is 40.6. The highest BCUT2D eigenvalue weighted by Gasteiger charge is 2.28. The van der Waals surface area contributed by atoms with Crippen molar-refractivity contribution in [3.8, 4) is 0 Å². The SMILES string of the molecule is CC(=O)N1CCN(C(=O)C(=O)NN2CCN(C)CC2)CC1. The fourth-order valence-electron chi connectivity index (χ4n) is 2.48. The van der Waals surface area contributed by atoms with E-state index in [0.717, 1.165) is 13.1 Å². The second kappa shape index (κ2) is 6.86. The number of hydrogen-bond donors (Lipinski definition) is 1. The first-order valence-electron chi connectivity index (χ1n) is 7.26. The van der Waals surface area contributed by atoms with Gasteiger partial charge in [-0.2, -0.15) is 0 Å². The third kappa shape index (κ3) is 4.15. The summed E-state index contributed by atoms with van der Waals surface area (Å²) in [5.41, 5.74) is 2.67. The van der Waals surface area contributed by atoms with Crippen molar-refractivity contribution in [2.24, 2.45) is 0 Å². The molecule has 1 N–H and O–H groups in total. The molecule has 2 heterocycles. The van der Waals surface area contributed by atoms with Crippen LogP contribution in [-0.2, 0) is 14.4 Å². The number of piperazine rings is 2. The van der Waals surface area contributed by atoms with Gasteiger partial charge in [-0.25, -0.2) is 5.01 Å². The molecule has 0 unspecified atom stereocenters. The zero-order valence-electron chi connectivity index (χ0n) is 12.7. The highest BCUT2D eigenvalue weighted by Crippen LogP contribution is 2.03. The fourth-order valence-corrected chi connectivity index (χ4v) is 2.48. The van der Waals surface area contributed by atoms with Gasteiger partial charge in [0.15, 0.2) is 0 Å². The van der Waals surface area contributed by atoms with Gasteiger partial charge in [0.05, 0.1) is 0 Å². The van der Waals surface area contributed by atoms with Crippen LogP contribution in [0.15, 0.2) is 0 Å². The number of hydrazine groups is 1. The Morgan fingerprint density at radius 1 is 0.810 bits per heavy atom. The first-order chi connectivity index (χ1) is 9.97. The highest BCUT2D eigenvalue weighted by atomic mass is 16.2. The van der Waals surface area contributed by atoms with Crippen LogP contribution in [0.5, 0.6) is 0 Å². The lowest BCUT2D eigenvalue weighted by Crippen LogP contribution is -2.58. The van der Waals surface area contributed by atoms with Crippen LogP contribution in [0.4, 0.5) is 0 Å². The molecule has 118 valence electrons. The lowest BCUT2D eigenvalue weighted by Gasteiger charge is -2.35. The maximum atomic E-state index is 12.1. The Kier molecular flexibility index (Phi) is 5.13. The number of carbonyl (C=O) groups excluding carboxylic acids is 3. The van der Waals surface area contributed by atoms with Crippen molar-refractivity contribution in [1.82, 2.24) is 25.1 Å².